The van der Waals surface area contributed by atoms with Crippen LogP contribution in [0.15, 0.2) is 49.1 Å². The molecule has 0 spiro atoms. The molecule has 1 unspecified atom stereocenters. The van der Waals surface area contributed by atoms with Gasteiger partial charge in [0.05, 0.1) is 31.1 Å². The van der Waals surface area contributed by atoms with Crippen molar-refractivity contribution in [1.82, 2.24) is 30.0 Å². The Morgan fingerprint density at radius 1 is 1.13 bits per heavy atom. The van der Waals surface area contributed by atoms with E-state index in [0.29, 0.717) is 35.9 Å². The molecule has 0 aliphatic carbocycles. The summed E-state index contributed by atoms with van der Waals surface area (Å²) in [5, 5.41) is 21.5. The summed E-state index contributed by atoms with van der Waals surface area (Å²) in [5.41, 5.74) is 3.04. The minimum Gasteiger partial charge on any atom is -0.496 e. The minimum atomic E-state index is -0.888. The molecule has 2 atom stereocenters. The number of hydrogen-bond donors (Lipinski definition) is 3. The Morgan fingerprint density at radius 2 is 1.92 bits per heavy atom. The van der Waals surface area contributed by atoms with Gasteiger partial charge in [-0.15, -0.1) is 0 Å². The number of carbonyl (C=O) groups excluding carboxylic acids is 1. The van der Waals surface area contributed by atoms with E-state index in [1.807, 2.05) is 24.3 Å². The molecule has 0 bridgehead atoms. The minimum absolute atomic E-state index is 0.144. The molecule has 38 heavy (non-hydrogen) atoms. The zero-order valence-electron chi connectivity index (χ0n) is 22.7. The van der Waals surface area contributed by atoms with Crippen LogP contribution in [-0.4, -0.2) is 62.0 Å². The van der Waals surface area contributed by atoms with Crippen LogP contribution in [0.25, 0.3) is 22.3 Å². The van der Waals surface area contributed by atoms with Gasteiger partial charge in [0, 0.05) is 42.4 Å². The monoisotopic (exact) mass is 517 g/mol. The molecular weight excluding hydrogens is 482 g/mol. The number of nitrogens with zero attached hydrogens (tertiary/aromatic N) is 5. The zero-order chi connectivity index (χ0) is 27.4. The number of ether oxygens (including phenoxy) is 1. The Morgan fingerprint density at radius 3 is 2.63 bits per heavy atom. The molecule has 10 heteroatoms. The Kier molecular flexibility index (Phi) is 7.91. The maximum absolute atomic E-state index is 12.0. The molecule has 3 heterocycles. The fourth-order valence-corrected chi connectivity index (χ4v) is 4.33. The van der Waals surface area contributed by atoms with Crippen molar-refractivity contribution < 1.29 is 14.6 Å². The van der Waals surface area contributed by atoms with E-state index >= 15 is 0 Å². The zero-order valence-corrected chi connectivity index (χ0v) is 22.7. The predicted molar refractivity (Wildman–Crippen MR) is 147 cm³/mol. The number of rotatable bonds is 10. The van der Waals surface area contributed by atoms with Crippen molar-refractivity contribution in [2.75, 3.05) is 26.0 Å². The molecule has 4 rings (SSSR count). The van der Waals surface area contributed by atoms with E-state index in [-0.39, 0.29) is 17.7 Å². The number of methoxy groups -OCH3 is 1. The average Bonchev–Trinajstić information content (AvgIpc) is 3.30. The summed E-state index contributed by atoms with van der Waals surface area (Å²) >= 11 is 0. The van der Waals surface area contributed by atoms with E-state index in [2.05, 4.69) is 44.5 Å². The van der Waals surface area contributed by atoms with Gasteiger partial charge in [-0.05, 0) is 49.4 Å². The van der Waals surface area contributed by atoms with Crippen LogP contribution >= 0.6 is 0 Å². The van der Waals surface area contributed by atoms with Crippen LogP contribution in [0.1, 0.15) is 49.5 Å². The second kappa shape index (κ2) is 11.1. The SMILES string of the molecule is CNC(=O)c1ccc(C(C)[C@H](C)CNc2cc(-c3cnc4c(cnn4CC(C)(C)O)c3)ncn2)c(OC)c1. The second-order valence-electron chi connectivity index (χ2n) is 10.2. The normalized spacial score (nSPS) is 13.2. The third-order valence-electron chi connectivity index (χ3n) is 6.65. The lowest BCUT2D eigenvalue weighted by Crippen LogP contribution is -2.26. The van der Waals surface area contributed by atoms with Crippen LogP contribution in [0, 0.1) is 5.92 Å². The van der Waals surface area contributed by atoms with Crippen molar-refractivity contribution in [2.45, 2.75) is 45.8 Å². The quantitative estimate of drug-likeness (QED) is 0.289. The van der Waals surface area contributed by atoms with Crippen LogP contribution in [0.4, 0.5) is 5.82 Å². The number of anilines is 1. The first-order chi connectivity index (χ1) is 18.1. The molecule has 3 N–H and O–H groups in total. The number of amides is 1. The van der Waals surface area contributed by atoms with Crippen molar-refractivity contribution in [2.24, 2.45) is 5.92 Å². The summed E-state index contributed by atoms with van der Waals surface area (Å²) < 4.78 is 7.29. The number of aliphatic hydroxyl groups is 1. The lowest BCUT2D eigenvalue weighted by Gasteiger charge is -2.23. The maximum atomic E-state index is 12.0. The van der Waals surface area contributed by atoms with Gasteiger partial charge in [0.15, 0.2) is 5.65 Å². The first-order valence-corrected chi connectivity index (χ1v) is 12.6. The van der Waals surface area contributed by atoms with Gasteiger partial charge < -0.3 is 20.5 Å². The van der Waals surface area contributed by atoms with E-state index in [4.69, 9.17) is 4.74 Å². The summed E-state index contributed by atoms with van der Waals surface area (Å²) in [4.78, 5) is 25.4. The molecule has 0 saturated heterocycles. The maximum Gasteiger partial charge on any atom is 0.251 e. The second-order valence-corrected chi connectivity index (χ2v) is 10.2. The molecule has 1 aromatic carbocycles. The Bertz CT molecular complexity index is 1430. The van der Waals surface area contributed by atoms with E-state index in [9.17, 15) is 9.90 Å². The number of fused-ring (bicyclic) bond motifs is 1. The van der Waals surface area contributed by atoms with Gasteiger partial charge in [-0.1, -0.05) is 19.9 Å². The molecule has 0 fully saturated rings. The fourth-order valence-electron chi connectivity index (χ4n) is 4.33. The summed E-state index contributed by atoms with van der Waals surface area (Å²) in [6.07, 6.45) is 5.04. The standard InChI is InChI=1S/C28H35N7O3/c1-17(18(2)22-8-7-19(27(36)29-5)10-24(22)38-6)12-30-25-11-23(32-16-33-25)20-9-21-14-34-35(15-28(3,4)37)26(21)31-13-20/h7-11,13-14,16-18,37H,12,15H2,1-6H3,(H,29,36)(H,30,32,33)/t17-,18?/m1/s1. The lowest BCUT2D eigenvalue weighted by atomic mass is 9.87. The topological polar surface area (TPSA) is 127 Å². The van der Waals surface area contributed by atoms with Gasteiger partial charge in [-0.2, -0.15) is 5.10 Å². The Labute approximate surface area is 222 Å². The molecule has 0 saturated carbocycles. The van der Waals surface area contributed by atoms with Crippen molar-refractivity contribution in [1.29, 1.82) is 0 Å². The molecule has 10 nitrogen and oxygen atoms in total. The van der Waals surface area contributed by atoms with Gasteiger partial charge in [0.2, 0.25) is 0 Å². The van der Waals surface area contributed by atoms with Crippen LogP contribution in [0.3, 0.4) is 0 Å². The molecule has 4 aromatic rings. The average molecular weight is 518 g/mol. The van der Waals surface area contributed by atoms with E-state index in [0.717, 1.165) is 22.2 Å². The van der Waals surface area contributed by atoms with Gasteiger partial charge >= 0.3 is 0 Å². The highest BCUT2D eigenvalue weighted by atomic mass is 16.5. The van der Waals surface area contributed by atoms with Gasteiger partial charge in [0.25, 0.3) is 5.91 Å². The van der Waals surface area contributed by atoms with Gasteiger partial charge in [-0.25, -0.2) is 19.6 Å². The summed E-state index contributed by atoms with van der Waals surface area (Å²) in [7, 11) is 3.23. The molecular formula is C28H35N7O3. The smallest absolute Gasteiger partial charge is 0.251 e. The highest BCUT2D eigenvalue weighted by molar-refractivity contribution is 5.94. The van der Waals surface area contributed by atoms with Crippen molar-refractivity contribution in [3.8, 4) is 17.0 Å². The Hall–Kier alpha value is -4.05. The Balaban J connectivity index is 1.46. The van der Waals surface area contributed by atoms with E-state index < -0.39 is 5.60 Å². The molecule has 0 aliphatic heterocycles. The van der Waals surface area contributed by atoms with Gasteiger partial charge in [0.1, 0.15) is 17.9 Å². The highest BCUT2D eigenvalue weighted by Crippen LogP contribution is 2.33. The number of nitrogens with one attached hydrogen (secondary N) is 2. The molecule has 200 valence electrons. The van der Waals surface area contributed by atoms with Crippen LogP contribution < -0.4 is 15.4 Å². The van der Waals surface area contributed by atoms with Crippen LogP contribution in [0.5, 0.6) is 5.75 Å². The lowest BCUT2D eigenvalue weighted by molar-refractivity contribution is 0.0589. The third kappa shape index (κ3) is 6.08. The van der Waals surface area contributed by atoms with Crippen LogP contribution in [-0.2, 0) is 6.54 Å². The summed E-state index contributed by atoms with van der Waals surface area (Å²) in [6, 6.07) is 9.45. The van der Waals surface area contributed by atoms with Gasteiger partial charge in [-0.3, -0.25) is 4.79 Å². The first-order valence-electron chi connectivity index (χ1n) is 12.6. The number of hydrogen-bond acceptors (Lipinski definition) is 8. The summed E-state index contributed by atoms with van der Waals surface area (Å²) in [5.74, 6) is 1.68. The number of aromatic nitrogens is 5. The molecule has 1 amide bonds. The van der Waals surface area contributed by atoms with Crippen molar-refractivity contribution in [3.05, 3.63) is 60.2 Å². The van der Waals surface area contributed by atoms with Crippen LogP contribution in [0.2, 0.25) is 0 Å². The third-order valence-corrected chi connectivity index (χ3v) is 6.65. The molecule has 0 radical (unpaired) electrons. The van der Waals surface area contributed by atoms with E-state index in [1.165, 1.54) is 6.33 Å². The van der Waals surface area contributed by atoms with E-state index in [1.54, 1.807) is 51.1 Å². The molecule has 0 aliphatic rings. The molecule has 3 aromatic heterocycles. The largest absolute Gasteiger partial charge is 0.496 e. The fraction of sp³-hybridized carbons (Fsp3) is 0.393. The summed E-state index contributed by atoms with van der Waals surface area (Å²) in [6.45, 7) is 8.82. The van der Waals surface area contributed by atoms with Crippen molar-refractivity contribution >= 4 is 22.8 Å². The predicted octanol–water partition coefficient (Wildman–Crippen LogP) is 3.88. The number of carbonyl (C=O) groups is 1. The number of benzene rings is 1. The number of pyridine rings is 1. The van der Waals surface area contributed by atoms with Crippen molar-refractivity contribution in [3.63, 3.8) is 0 Å². The highest BCUT2D eigenvalue weighted by Gasteiger charge is 2.20. The first kappa shape index (κ1) is 27.0.